The first-order valence-corrected chi connectivity index (χ1v) is 6.18. The Morgan fingerprint density at radius 2 is 2.06 bits per heavy atom. The maximum absolute atomic E-state index is 5.81. The number of pyridine rings is 1. The van der Waals surface area contributed by atoms with Crippen LogP contribution in [0.2, 0.25) is 0 Å². The van der Waals surface area contributed by atoms with E-state index in [1.165, 1.54) is 0 Å². The number of methoxy groups -OCH3 is 1. The minimum atomic E-state index is 0.0438. The number of rotatable bonds is 4. The molecule has 0 aliphatic rings. The van der Waals surface area contributed by atoms with Crippen molar-refractivity contribution < 1.29 is 4.74 Å². The van der Waals surface area contributed by atoms with Crippen LogP contribution < -0.4 is 10.5 Å². The van der Waals surface area contributed by atoms with E-state index in [0.29, 0.717) is 6.54 Å². The lowest BCUT2D eigenvalue weighted by Gasteiger charge is -2.22. The molecule has 2 N–H and O–H groups in total. The summed E-state index contributed by atoms with van der Waals surface area (Å²) in [7, 11) is 1.69. The summed E-state index contributed by atoms with van der Waals surface area (Å²) >= 11 is 0. The standard InChI is InChI=1S/C15H20N2O/c1-15(2,10-16)9-12-14-11(7-8-17-12)5-4-6-13(14)18-3/h4-8H,9-10,16H2,1-3H3. The molecule has 0 unspecified atom stereocenters. The number of hydrogen-bond donors (Lipinski definition) is 1. The van der Waals surface area contributed by atoms with E-state index >= 15 is 0 Å². The van der Waals surface area contributed by atoms with Crippen LogP contribution >= 0.6 is 0 Å². The highest BCUT2D eigenvalue weighted by Crippen LogP contribution is 2.31. The van der Waals surface area contributed by atoms with Crippen molar-refractivity contribution in [1.29, 1.82) is 0 Å². The van der Waals surface area contributed by atoms with E-state index < -0.39 is 0 Å². The highest BCUT2D eigenvalue weighted by molar-refractivity contribution is 5.90. The number of fused-ring (bicyclic) bond motifs is 1. The van der Waals surface area contributed by atoms with Gasteiger partial charge in [-0.05, 0) is 35.9 Å². The number of nitrogens with zero attached hydrogens (tertiary/aromatic N) is 1. The average molecular weight is 244 g/mol. The predicted octanol–water partition coefficient (Wildman–Crippen LogP) is 2.77. The normalized spacial score (nSPS) is 11.8. The van der Waals surface area contributed by atoms with Gasteiger partial charge in [0.15, 0.2) is 0 Å². The Morgan fingerprint density at radius 1 is 1.28 bits per heavy atom. The Morgan fingerprint density at radius 3 is 2.72 bits per heavy atom. The minimum absolute atomic E-state index is 0.0438. The number of hydrogen-bond acceptors (Lipinski definition) is 3. The second kappa shape index (κ2) is 4.94. The molecule has 2 rings (SSSR count). The van der Waals surface area contributed by atoms with Gasteiger partial charge in [0, 0.05) is 11.6 Å². The van der Waals surface area contributed by atoms with Crippen molar-refractivity contribution in [3.05, 3.63) is 36.2 Å². The van der Waals surface area contributed by atoms with Gasteiger partial charge in [-0.2, -0.15) is 0 Å². The van der Waals surface area contributed by atoms with Crippen LogP contribution in [0.25, 0.3) is 10.8 Å². The van der Waals surface area contributed by atoms with E-state index in [1.807, 2.05) is 24.4 Å². The number of ether oxygens (including phenoxy) is 1. The Bertz CT molecular complexity index is 544. The molecule has 0 fully saturated rings. The van der Waals surface area contributed by atoms with Crippen LogP contribution in [0.5, 0.6) is 5.75 Å². The maximum atomic E-state index is 5.81. The van der Waals surface area contributed by atoms with Gasteiger partial charge >= 0.3 is 0 Å². The van der Waals surface area contributed by atoms with E-state index in [2.05, 4.69) is 24.9 Å². The highest BCUT2D eigenvalue weighted by atomic mass is 16.5. The first kappa shape index (κ1) is 12.8. The fourth-order valence-electron chi connectivity index (χ4n) is 2.10. The van der Waals surface area contributed by atoms with E-state index in [4.69, 9.17) is 10.5 Å². The third-order valence-corrected chi connectivity index (χ3v) is 3.25. The molecule has 3 heteroatoms. The van der Waals surface area contributed by atoms with Gasteiger partial charge in [-0.25, -0.2) is 0 Å². The molecule has 2 aromatic rings. The molecular weight excluding hydrogens is 224 g/mol. The Hall–Kier alpha value is -1.61. The molecule has 0 amide bonds. The van der Waals surface area contributed by atoms with Crippen LogP contribution in [-0.4, -0.2) is 18.6 Å². The molecule has 0 aliphatic carbocycles. The molecule has 0 saturated carbocycles. The van der Waals surface area contributed by atoms with Crippen molar-refractivity contribution >= 4 is 10.8 Å². The van der Waals surface area contributed by atoms with Crippen molar-refractivity contribution in [3.8, 4) is 5.75 Å². The second-order valence-corrected chi connectivity index (χ2v) is 5.36. The van der Waals surface area contributed by atoms with E-state index in [9.17, 15) is 0 Å². The van der Waals surface area contributed by atoms with Crippen molar-refractivity contribution in [1.82, 2.24) is 4.98 Å². The SMILES string of the molecule is COc1cccc2ccnc(CC(C)(C)CN)c12. The molecule has 0 bridgehead atoms. The minimum Gasteiger partial charge on any atom is -0.496 e. The van der Waals surface area contributed by atoms with E-state index in [0.717, 1.165) is 28.6 Å². The third-order valence-electron chi connectivity index (χ3n) is 3.25. The first-order valence-electron chi connectivity index (χ1n) is 6.18. The lowest BCUT2D eigenvalue weighted by Crippen LogP contribution is -2.26. The summed E-state index contributed by atoms with van der Waals surface area (Å²) in [5, 5.41) is 2.26. The molecule has 1 heterocycles. The zero-order valence-corrected chi connectivity index (χ0v) is 11.2. The summed E-state index contributed by atoms with van der Waals surface area (Å²) in [5.41, 5.74) is 6.91. The Kier molecular flexibility index (Phi) is 3.53. The van der Waals surface area contributed by atoms with Gasteiger partial charge in [0.1, 0.15) is 5.75 Å². The second-order valence-electron chi connectivity index (χ2n) is 5.36. The number of nitrogens with two attached hydrogens (primary N) is 1. The smallest absolute Gasteiger partial charge is 0.128 e. The molecule has 96 valence electrons. The van der Waals surface area contributed by atoms with E-state index in [-0.39, 0.29) is 5.41 Å². The molecule has 18 heavy (non-hydrogen) atoms. The fraction of sp³-hybridized carbons (Fsp3) is 0.400. The quantitative estimate of drug-likeness (QED) is 0.899. The van der Waals surface area contributed by atoms with Gasteiger partial charge in [0.2, 0.25) is 0 Å². The third kappa shape index (κ3) is 2.46. The van der Waals surface area contributed by atoms with Gasteiger partial charge in [0.25, 0.3) is 0 Å². The maximum Gasteiger partial charge on any atom is 0.128 e. The van der Waals surface area contributed by atoms with Crippen molar-refractivity contribution in [2.24, 2.45) is 11.1 Å². The summed E-state index contributed by atoms with van der Waals surface area (Å²) in [6.07, 6.45) is 2.70. The Balaban J connectivity index is 2.57. The van der Waals surface area contributed by atoms with Crippen LogP contribution in [0.1, 0.15) is 19.5 Å². The molecular formula is C15H20N2O. The molecule has 0 spiro atoms. The molecule has 3 nitrogen and oxygen atoms in total. The predicted molar refractivity (Wildman–Crippen MR) is 74.8 cm³/mol. The van der Waals surface area contributed by atoms with Gasteiger partial charge in [-0.15, -0.1) is 0 Å². The van der Waals surface area contributed by atoms with Crippen LogP contribution in [0, 0.1) is 5.41 Å². The summed E-state index contributed by atoms with van der Waals surface area (Å²) in [4.78, 5) is 4.51. The molecule has 1 aromatic carbocycles. The molecule has 0 aliphatic heterocycles. The molecule has 0 radical (unpaired) electrons. The van der Waals surface area contributed by atoms with Crippen molar-refractivity contribution in [3.63, 3.8) is 0 Å². The molecule has 0 atom stereocenters. The fourth-order valence-corrected chi connectivity index (χ4v) is 2.10. The number of aromatic nitrogens is 1. The molecule has 0 saturated heterocycles. The topological polar surface area (TPSA) is 48.1 Å². The summed E-state index contributed by atoms with van der Waals surface area (Å²) in [6, 6.07) is 8.07. The van der Waals surface area contributed by atoms with Gasteiger partial charge in [0.05, 0.1) is 12.8 Å². The van der Waals surface area contributed by atoms with Crippen LogP contribution in [0.4, 0.5) is 0 Å². The monoisotopic (exact) mass is 244 g/mol. The zero-order valence-electron chi connectivity index (χ0n) is 11.2. The highest BCUT2D eigenvalue weighted by Gasteiger charge is 2.19. The van der Waals surface area contributed by atoms with Crippen LogP contribution in [0.3, 0.4) is 0 Å². The summed E-state index contributed by atoms with van der Waals surface area (Å²) < 4.78 is 5.45. The summed E-state index contributed by atoms with van der Waals surface area (Å²) in [6.45, 7) is 4.95. The van der Waals surface area contributed by atoms with Crippen LogP contribution in [0.15, 0.2) is 30.5 Å². The average Bonchev–Trinajstić information content (AvgIpc) is 2.38. The zero-order chi connectivity index (χ0) is 13.2. The van der Waals surface area contributed by atoms with Gasteiger partial charge in [-0.1, -0.05) is 26.0 Å². The van der Waals surface area contributed by atoms with E-state index in [1.54, 1.807) is 7.11 Å². The van der Waals surface area contributed by atoms with Crippen LogP contribution in [-0.2, 0) is 6.42 Å². The molecule has 1 aromatic heterocycles. The lowest BCUT2D eigenvalue weighted by molar-refractivity contribution is 0.373. The lowest BCUT2D eigenvalue weighted by atomic mass is 9.86. The van der Waals surface area contributed by atoms with Crippen molar-refractivity contribution in [2.75, 3.05) is 13.7 Å². The first-order chi connectivity index (χ1) is 8.57. The largest absolute Gasteiger partial charge is 0.496 e. The van der Waals surface area contributed by atoms with Crippen molar-refractivity contribution in [2.45, 2.75) is 20.3 Å². The Labute approximate surface area is 108 Å². The van der Waals surface area contributed by atoms with Gasteiger partial charge in [-0.3, -0.25) is 4.98 Å². The number of benzene rings is 1. The van der Waals surface area contributed by atoms with Gasteiger partial charge < -0.3 is 10.5 Å². The summed E-state index contributed by atoms with van der Waals surface area (Å²) in [5.74, 6) is 0.878.